The molecule has 0 unspecified atom stereocenters. The van der Waals surface area contributed by atoms with Crippen molar-refractivity contribution in [2.75, 3.05) is 37.0 Å². The lowest BCUT2D eigenvalue weighted by Gasteiger charge is -2.16. The van der Waals surface area contributed by atoms with Gasteiger partial charge >= 0.3 is 0 Å². The first-order valence-electron chi connectivity index (χ1n) is 7.65. The van der Waals surface area contributed by atoms with Crippen molar-refractivity contribution in [1.82, 2.24) is 4.90 Å². The van der Waals surface area contributed by atoms with Gasteiger partial charge in [0.25, 0.3) is 0 Å². The largest absolute Gasteiger partial charge is 0.325 e. The monoisotopic (exact) mass is 361 g/mol. The van der Waals surface area contributed by atoms with Gasteiger partial charge in [0.2, 0.25) is 11.8 Å². The average Bonchev–Trinajstić information content (AvgIpc) is 2.57. The average molecular weight is 361 g/mol. The van der Waals surface area contributed by atoms with Crippen LogP contribution in [0.4, 0.5) is 15.8 Å². The van der Waals surface area contributed by atoms with E-state index in [1.165, 1.54) is 24.3 Å². The first kappa shape index (κ1) is 19.0. The van der Waals surface area contributed by atoms with Crippen LogP contribution in [0.15, 0.2) is 53.4 Å². The van der Waals surface area contributed by atoms with Crippen LogP contribution in [0, 0.1) is 5.82 Å². The van der Waals surface area contributed by atoms with Gasteiger partial charge in [-0.2, -0.15) is 0 Å². The molecule has 25 heavy (non-hydrogen) atoms. The van der Waals surface area contributed by atoms with Crippen molar-refractivity contribution in [1.29, 1.82) is 0 Å². The van der Waals surface area contributed by atoms with E-state index in [-0.39, 0.29) is 30.7 Å². The third-order valence-electron chi connectivity index (χ3n) is 3.34. The van der Waals surface area contributed by atoms with Crippen LogP contribution in [0.25, 0.3) is 0 Å². The number of nitrogens with one attached hydrogen (secondary N) is 2. The number of benzene rings is 2. The van der Waals surface area contributed by atoms with E-state index in [1.807, 2.05) is 30.5 Å². The quantitative estimate of drug-likeness (QED) is 0.744. The van der Waals surface area contributed by atoms with Gasteiger partial charge in [0.15, 0.2) is 0 Å². The number of para-hydroxylation sites is 1. The lowest BCUT2D eigenvalue weighted by Crippen LogP contribution is -2.36. The summed E-state index contributed by atoms with van der Waals surface area (Å²) in [6, 6.07) is 13.1. The fourth-order valence-corrected chi connectivity index (χ4v) is 2.77. The van der Waals surface area contributed by atoms with Gasteiger partial charge < -0.3 is 10.6 Å². The minimum absolute atomic E-state index is 0.0506. The number of carbonyl (C=O) groups is 2. The lowest BCUT2D eigenvalue weighted by atomic mass is 10.3. The molecule has 0 heterocycles. The van der Waals surface area contributed by atoms with Crippen LogP contribution in [0.1, 0.15) is 0 Å². The Labute approximate surface area is 150 Å². The summed E-state index contributed by atoms with van der Waals surface area (Å²) < 4.78 is 12.8. The molecule has 0 aromatic heterocycles. The highest BCUT2D eigenvalue weighted by atomic mass is 32.2. The summed E-state index contributed by atoms with van der Waals surface area (Å²) in [7, 11) is 1.68. The van der Waals surface area contributed by atoms with Crippen molar-refractivity contribution in [3.63, 3.8) is 0 Å². The Morgan fingerprint density at radius 2 is 1.60 bits per heavy atom. The van der Waals surface area contributed by atoms with E-state index in [0.29, 0.717) is 5.69 Å². The number of thioether (sulfide) groups is 1. The van der Waals surface area contributed by atoms with Gasteiger partial charge in [-0.3, -0.25) is 14.5 Å². The predicted molar refractivity (Wildman–Crippen MR) is 99.4 cm³/mol. The number of halogens is 1. The molecule has 0 aliphatic rings. The highest BCUT2D eigenvalue weighted by Gasteiger charge is 2.12. The molecule has 0 atom stereocenters. The Hall–Kier alpha value is -2.38. The molecule has 0 aliphatic carbocycles. The number of carbonyl (C=O) groups excluding carboxylic acids is 2. The standard InChI is InChI=1S/C18H20FN3O2S/c1-22(11-17(23)20-14-9-7-13(19)8-10-14)12-18(24)21-15-5-3-4-6-16(15)25-2/h3-10H,11-12H2,1-2H3,(H,20,23)(H,21,24). The molecule has 2 rings (SSSR count). The topological polar surface area (TPSA) is 61.4 Å². The van der Waals surface area contributed by atoms with Gasteiger partial charge in [0.05, 0.1) is 18.8 Å². The van der Waals surface area contributed by atoms with Crippen LogP contribution >= 0.6 is 11.8 Å². The second kappa shape index (κ2) is 9.19. The van der Waals surface area contributed by atoms with Gasteiger partial charge in [-0.15, -0.1) is 11.8 Å². The number of nitrogens with zero attached hydrogens (tertiary/aromatic N) is 1. The van der Waals surface area contributed by atoms with Crippen LogP contribution in [0.5, 0.6) is 0 Å². The van der Waals surface area contributed by atoms with E-state index < -0.39 is 0 Å². The Morgan fingerprint density at radius 1 is 1.00 bits per heavy atom. The Kier molecular flexibility index (Phi) is 6.97. The third kappa shape index (κ3) is 6.21. The van der Waals surface area contributed by atoms with Gasteiger partial charge in [-0.1, -0.05) is 12.1 Å². The zero-order valence-corrected chi connectivity index (χ0v) is 14.9. The first-order chi connectivity index (χ1) is 12.0. The maximum absolute atomic E-state index is 12.8. The molecule has 2 N–H and O–H groups in total. The van der Waals surface area contributed by atoms with E-state index in [0.717, 1.165) is 10.6 Å². The summed E-state index contributed by atoms with van der Waals surface area (Å²) >= 11 is 1.55. The molecule has 132 valence electrons. The number of amides is 2. The van der Waals surface area contributed by atoms with Crippen molar-refractivity contribution >= 4 is 35.0 Å². The van der Waals surface area contributed by atoms with Crippen molar-refractivity contribution in [3.8, 4) is 0 Å². The molecule has 0 radical (unpaired) electrons. The highest BCUT2D eigenvalue weighted by molar-refractivity contribution is 7.98. The zero-order valence-electron chi connectivity index (χ0n) is 14.1. The summed E-state index contributed by atoms with van der Waals surface area (Å²) in [5.74, 6) is -0.831. The van der Waals surface area contributed by atoms with E-state index in [4.69, 9.17) is 0 Å². The van der Waals surface area contributed by atoms with Crippen LogP contribution in [0.3, 0.4) is 0 Å². The molecular weight excluding hydrogens is 341 g/mol. The van der Waals surface area contributed by atoms with Crippen molar-refractivity contribution in [3.05, 3.63) is 54.3 Å². The Balaban J connectivity index is 1.82. The number of anilines is 2. The number of rotatable bonds is 7. The molecule has 0 saturated heterocycles. The summed E-state index contributed by atoms with van der Waals surface area (Å²) in [6.07, 6.45) is 1.94. The maximum atomic E-state index is 12.8. The maximum Gasteiger partial charge on any atom is 0.238 e. The molecular formula is C18H20FN3O2S. The fourth-order valence-electron chi connectivity index (χ4n) is 2.22. The van der Waals surface area contributed by atoms with Crippen LogP contribution in [-0.4, -0.2) is 43.1 Å². The molecule has 2 amide bonds. The predicted octanol–water partition coefficient (Wildman–Crippen LogP) is 3.06. The van der Waals surface area contributed by atoms with E-state index in [1.54, 1.807) is 23.7 Å². The number of likely N-dealkylation sites (N-methyl/N-ethyl adjacent to an activating group) is 1. The normalized spacial score (nSPS) is 10.6. The SMILES string of the molecule is CSc1ccccc1NC(=O)CN(C)CC(=O)Nc1ccc(F)cc1. The molecule has 5 nitrogen and oxygen atoms in total. The summed E-state index contributed by atoms with van der Waals surface area (Å²) in [5, 5.41) is 5.51. The van der Waals surface area contributed by atoms with E-state index in [9.17, 15) is 14.0 Å². The minimum Gasteiger partial charge on any atom is -0.325 e. The highest BCUT2D eigenvalue weighted by Crippen LogP contribution is 2.24. The summed E-state index contributed by atoms with van der Waals surface area (Å²) in [4.78, 5) is 26.7. The lowest BCUT2D eigenvalue weighted by molar-refractivity contribution is -0.119. The second-order valence-electron chi connectivity index (χ2n) is 5.48. The van der Waals surface area contributed by atoms with Crippen LogP contribution in [-0.2, 0) is 9.59 Å². The molecule has 0 aliphatic heterocycles. The molecule has 0 saturated carbocycles. The molecule has 7 heteroatoms. The molecule has 0 spiro atoms. The smallest absolute Gasteiger partial charge is 0.238 e. The van der Waals surface area contributed by atoms with Crippen molar-refractivity contribution in [2.24, 2.45) is 0 Å². The molecule has 0 bridgehead atoms. The van der Waals surface area contributed by atoms with Gasteiger partial charge in [0, 0.05) is 10.6 Å². The van der Waals surface area contributed by atoms with Gasteiger partial charge in [0.1, 0.15) is 5.82 Å². The van der Waals surface area contributed by atoms with Gasteiger partial charge in [-0.05, 0) is 49.7 Å². The minimum atomic E-state index is -0.364. The molecule has 2 aromatic carbocycles. The van der Waals surface area contributed by atoms with E-state index in [2.05, 4.69) is 10.6 Å². The van der Waals surface area contributed by atoms with E-state index >= 15 is 0 Å². The summed E-state index contributed by atoms with van der Waals surface area (Å²) in [6.45, 7) is 0.133. The molecule has 2 aromatic rings. The van der Waals surface area contributed by atoms with Crippen molar-refractivity contribution in [2.45, 2.75) is 4.90 Å². The second-order valence-corrected chi connectivity index (χ2v) is 6.32. The molecule has 0 fully saturated rings. The van der Waals surface area contributed by atoms with Crippen molar-refractivity contribution < 1.29 is 14.0 Å². The zero-order chi connectivity index (χ0) is 18.2. The first-order valence-corrected chi connectivity index (χ1v) is 8.87. The summed E-state index contributed by atoms with van der Waals surface area (Å²) in [5.41, 5.74) is 1.27. The Morgan fingerprint density at radius 3 is 2.24 bits per heavy atom. The van der Waals surface area contributed by atoms with Crippen LogP contribution < -0.4 is 10.6 Å². The van der Waals surface area contributed by atoms with Crippen LogP contribution in [0.2, 0.25) is 0 Å². The van der Waals surface area contributed by atoms with Gasteiger partial charge in [-0.25, -0.2) is 4.39 Å². The Bertz CT molecular complexity index is 737. The third-order valence-corrected chi connectivity index (χ3v) is 4.13. The number of hydrogen-bond acceptors (Lipinski definition) is 4. The fraction of sp³-hybridized carbons (Fsp3) is 0.222. The number of hydrogen-bond donors (Lipinski definition) is 2.